The fraction of sp³-hybridized carbons (Fsp3) is 0.111. The van der Waals surface area contributed by atoms with E-state index in [4.69, 9.17) is 4.74 Å². The molecule has 0 radical (unpaired) electrons. The van der Waals surface area contributed by atoms with Crippen LogP contribution in [0.4, 0.5) is 0 Å². The molecule has 1 aromatic carbocycles. The minimum Gasteiger partial charge on any atom is -0.506 e. The van der Waals surface area contributed by atoms with E-state index in [-0.39, 0.29) is 5.75 Å². The molecular formula is C9H8N2O2. The summed E-state index contributed by atoms with van der Waals surface area (Å²) in [5.41, 5.74) is 0.624. The average molecular weight is 176 g/mol. The lowest BCUT2D eigenvalue weighted by Gasteiger charge is -2.01. The fourth-order valence-electron chi connectivity index (χ4n) is 1.15. The van der Waals surface area contributed by atoms with Gasteiger partial charge in [0.1, 0.15) is 17.0 Å². The SMILES string of the molecule is COc1ccc2c(O)cnnc2c1. The van der Waals surface area contributed by atoms with Gasteiger partial charge in [0, 0.05) is 11.5 Å². The molecule has 66 valence electrons. The van der Waals surface area contributed by atoms with Crippen LogP contribution in [0, 0.1) is 0 Å². The first-order chi connectivity index (χ1) is 6.31. The van der Waals surface area contributed by atoms with Crippen LogP contribution in [0.1, 0.15) is 0 Å². The summed E-state index contributed by atoms with van der Waals surface area (Å²) in [6.45, 7) is 0. The largest absolute Gasteiger partial charge is 0.506 e. The van der Waals surface area contributed by atoms with Gasteiger partial charge in [-0.05, 0) is 12.1 Å². The number of ether oxygens (including phenoxy) is 1. The van der Waals surface area contributed by atoms with Gasteiger partial charge in [0.2, 0.25) is 0 Å². The van der Waals surface area contributed by atoms with Crippen molar-refractivity contribution < 1.29 is 9.84 Å². The Morgan fingerprint density at radius 1 is 1.38 bits per heavy atom. The highest BCUT2D eigenvalue weighted by molar-refractivity contribution is 5.84. The van der Waals surface area contributed by atoms with Crippen molar-refractivity contribution in [2.24, 2.45) is 0 Å². The second kappa shape index (κ2) is 2.90. The molecule has 0 saturated heterocycles. The molecule has 0 fully saturated rings. The van der Waals surface area contributed by atoms with Crippen LogP contribution in [0.3, 0.4) is 0 Å². The Hall–Kier alpha value is -1.84. The van der Waals surface area contributed by atoms with E-state index in [2.05, 4.69) is 10.2 Å². The van der Waals surface area contributed by atoms with Crippen molar-refractivity contribution in [3.05, 3.63) is 24.4 Å². The molecule has 1 N–H and O–H groups in total. The number of hydrogen-bond acceptors (Lipinski definition) is 4. The second-order valence-electron chi connectivity index (χ2n) is 2.61. The fourth-order valence-corrected chi connectivity index (χ4v) is 1.15. The lowest BCUT2D eigenvalue weighted by Crippen LogP contribution is -1.86. The summed E-state index contributed by atoms with van der Waals surface area (Å²) in [5.74, 6) is 0.833. The molecule has 0 amide bonds. The molecule has 0 atom stereocenters. The topological polar surface area (TPSA) is 55.2 Å². The van der Waals surface area contributed by atoms with E-state index in [0.29, 0.717) is 16.7 Å². The molecule has 4 heteroatoms. The van der Waals surface area contributed by atoms with E-state index in [1.54, 1.807) is 25.3 Å². The van der Waals surface area contributed by atoms with E-state index >= 15 is 0 Å². The Labute approximate surface area is 74.8 Å². The summed E-state index contributed by atoms with van der Waals surface area (Å²) < 4.78 is 5.01. The first kappa shape index (κ1) is 7.79. The number of aromatic hydroxyl groups is 1. The molecular weight excluding hydrogens is 168 g/mol. The summed E-state index contributed by atoms with van der Waals surface area (Å²) in [6.07, 6.45) is 1.31. The van der Waals surface area contributed by atoms with E-state index in [0.717, 1.165) is 0 Å². The number of benzene rings is 1. The second-order valence-corrected chi connectivity index (χ2v) is 2.61. The van der Waals surface area contributed by atoms with Gasteiger partial charge < -0.3 is 9.84 Å². The van der Waals surface area contributed by atoms with Gasteiger partial charge in [-0.25, -0.2) is 0 Å². The predicted molar refractivity (Wildman–Crippen MR) is 47.8 cm³/mol. The van der Waals surface area contributed by atoms with Crippen molar-refractivity contribution >= 4 is 10.9 Å². The van der Waals surface area contributed by atoms with Crippen LogP contribution in [-0.4, -0.2) is 22.4 Å². The van der Waals surface area contributed by atoms with Crippen LogP contribution in [0.15, 0.2) is 24.4 Å². The average Bonchev–Trinajstić information content (AvgIpc) is 2.18. The van der Waals surface area contributed by atoms with Gasteiger partial charge in [-0.2, -0.15) is 10.2 Å². The van der Waals surface area contributed by atoms with Crippen LogP contribution in [-0.2, 0) is 0 Å². The smallest absolute Gasteiger partial charge is 0.145 e. The zero-order valence-corrected chi connectivity index (χ0v) is 7.06. The van der Waals surface area contributed by atoms with Gasteiger partial charge >= 0.3 is 0 Å². The lowest BCUT2D eigenvalue weighted by atomic mass is 10.2. The third kappa shape index (κ3) is 1.26. The highest BCUT2D eigenvalue weighted by Crippen LogP contribution is 2.24. The van der Waals surface area contributed by atoms with Crippen LogP contribution in [0.5, 0.6) is 11.5 Å². The number of aromatic nitrogens is 2. The molecule has 1 aromatic heterocycles. The zero-order chi connectivity index (χ0) is 9.26. The van der Waals surface area contributed by atoms with Crippen molar-refractivity contribution in [2.45, 2.75) is 0 Å². The van der Waals surface area contributed by atoms with Crippen LogP contribution >= 0.6 is 0 Å². The van der Waals surface area contributed by atoms with E-state index in [1.165, 1.54) is 6.20 Å². The first-order valence-corrected chi connectivity index (χ1v) is 3.79. The van der Waals surface area contributed by atoms with Gasteiger partial charge in [0.25, 0.3) is 0 Å². The highest BCUT2D eigenvalue weighted by atomic mass is 16.5. The van der Waals surface area contributed by atoms with Crippen molar-refractivity contribution in [1.29, 1.82) is 0 Å². The molecule has 0 bridgehead atoms. The third-order valence-corrected chi connectivity index (χ3v) is 1.83. The minimum absolute atomic E-state index is 0.132. The molecule has 1 heterocycles. The maximum Gasteiger partial charge on any atom is 0.145 e. The Kier molecular flexibility index (Phi) is 1.73. The molecule has 0 aliphatic heterocycles. The molecule has 0 aliphatic carbocycles. The van der Waals surface area contributed by atoms with Gasteiger partial charge in [-0.1, -0.05) is 0 Å². The van der Waals surface area contributed by atoms with Crippen molar-refractivity contribution in [2.75, 3.05) is 7.11 Å². The predicted octanol–water partition coefficient (Wildman–Crippen LogP) is 1.34. The van der Waals surface area contributed by atoms with Gasteiger partial charge in [-0.15, -0.1) is 0 Å². The standard InChI is InChI=1S/C9H8N2O2/c1-13-6-2-3-7-8(4-6)11-10-5-9(7)12/h2-5H,1H3,(H,11,12). The number of fused-ring (bicyclic) bond motifs is 1. The molecule has 0 unspecified atom stereocenters. The quantitative estimate of drug-likeness (QED) is 0.712. The Morgan fingerprint density at radius 2 is 2.23 bits per heavy atom. The monoisotopic (exact) mass is 176 g/mol. The molecule has 0 aliphatic rings. The third-order valence-electron chi connectivity index (χ3n) is 1.83. The van der Waals surface area contributed by atoms with E-state index < -0.39 is 0 Å². The van der Waals surface area contributed by atoms with Gasteiger partial charge in [-0.3, -0.25) is 0 Å². The minimum atomic E-state index is 0.132. The maximum atomic E-state index is 9.39. The number of nitrogens with zero attached hydrogens (tertiary/aromatic N) is 2. The van der Waals surface area contributed by atoms with Crippen LogP contribution in [0.2, 0.25) is 0 Å². The summed E-state index contributed by atoms with van der Waals surface area (Å²) in [7, 11) is 1.58. The Morgan fingerprint density at radius 3 is 3.00 bits per heavy atom. The highest BCUT2D eigenvalue weighted by Gasteiger charge is 2.01. The van der Waals surface area contributed by atoms with E-state index in [1.807, 2.05) is 0 Å². The molecule has 13 heavy (non-hydrogen) atoms. The van der Waals surface area contributed by atoms with Crippen molar-refractivity contribution in [3.63, 3.8) is 0 Å². The van der Waals surface area contributed by atoms with Gasteiger partial charge in [0.05, 0.1) is 13.3 Å². The molecule has 2 aromatic rings. The molecule has 0 spiro atoms. The molecule has 2 rings (SSSR count). The summed E-state index contributed by atoms with van der Waals surface area (Å²) in [6, 6.07) is 5.24. The number of rotatable bonds is 1. The zero-order valence-electron chi connectivity index (χ0n) is 7.06. The maximum absolute atomic E-state index is 9.39. The van der Waals surface area contributed by atoms with Crippen molar-refractivity contribution in [1.82, 2.24) is 10.2 Å². The Balaban J connectivity index is 2.72. The summed E-state index contributed by atoms with van der Waals surface area (Å²) >= 11 is 0. The summed E-state index contributed by atoms with van der Waals surface area (Å²) in [5, 5.41) is 17.6. The molecule has 4 nitrogen and oxygen atoms in total. The van der Waals surface area contributed by atoms with Crippen LogP contribution in [0.25, 0.3) is 10.9 Å². The first-order valence-electron chi connectivity index (χ1n) is 3.79. The molecule has 0 saturated carbocycles. The normalized spacial score (nSPS) is 10.2. The number of methoxy groups -OCH3 is 1. The Bertz CT molecular complexity index is 443. The lowest BCUT2D eigenvalue weighted by molar-refractivity contribution is 0.415. The van der Waals surface area contributed by atoms with Crippen molar-refractivity contribution in [3.8, 4) is 11.5 Å². The summed E-state index contributed by atoms with van der Waals surface area (Å²) in [4.78, 5) is 0. The van der Waals surface area contributed by atoms with E-state index in [9.17, 15) is 5.11 Å². The van der Waals surface area contributed by atoms with Crippen LogP contribution < -0.4 is 4.74 Å². The van der Waals surface area contributed by atoms with Gasteiger partial charge in [0.15, 0.2) is 0 Å². The number of hydrogen-bond donors (Lipinski definition) is 1.